The van der Waals surface area contributed by atoms with E-state index in [4.69, 9.17) is 0 Å². The average molecular weight is 400 g/mol. The SMILES string of the molecule is CS(=O)(=O)c1ccc2nc(NC(=O)c3cccc(C(F)(F)F)c3)sc2c1. The van der Waals surface area contributed by atoms with Gasteiger partial charge in [0.05, 0.1) is 20.7 Å². The third kappa shape index (κ3) is 3.86. The number of nitrogens with zero attached hydrogens (tertiary/aromatic N) is 1. The summed E-state index contributed by atoms with van der Waals surface area (Å²) < 4.78 is 61.9. The van der Waals surface area contributed by atoms with Crippen molar-refractivity contribution in [2.24, 2.45) is 0 Å². The van der Waals surface area contributed by atoms with Gasteiger partial charge in [-0.25, -0.2) is 13.4 Å². The lowest BCUT2D eigenvalue weighted by Crippen LogP contribution is -2.13. The number of hydrogen-bond donors (Lipinski definition) is 1. The highest BCUT2D eigenvalue weighted by Crippen LogP contribution is 2.31. The van der Waals surface area contributed by atoms with Gasteiger partial charge in [0.2, 0.25) is 0 Å². The Morgan fingerprint density at radius 1 is 1.15 bits per heavy atom. The summed E-state index contributed by atoms with van der Waals surface area (Å²) in [5, 5.41) is 2.60. The summed E-state index contributed by atoms with van der Waals surface area (Å²) in [4.78, 5) is 16.4. The first-order valence-corrected chi connectivity index (χ1v) is 9.84. The smallest absolute Gasteiger partial charge is 0.298 e. The second-order valence-corrected chi connectivity index (χ2v) is 8.50. The number of halogens is 3. The lowest BCUT2D eigenvalue weighted by atomic mass is 10.1. The lowest BCUT2D eigenvalue weighted by Gasteiger charge is -2.08. The van der Waals surface area contributed by atoms with Crippen LogP contribution in [0, 0.1) is 0 Å². The first kappa shape index (κ1) is 18.3. The number of anilines is 1. The standard InChI is InChI=1S/C16H11F3N2O3S2/c1-26(23,24)11-5-6-12-13(8-11)25-15(20-12)21-14(22)9-3-2-4-10(7-9)16(17,18)19/h2-8H,1H3,(H,20,21,22). The van der Waals surface area contributed by atoms with Gasteiger partial charge >= 0.3 is 6.18 Å². The Labute approximate surface area is 150 Å². The minimum atomic E-state index is -4.55. The molecule has 5 nitrogen and oxygen atoms in total. The van der Waals surface area contributed by atoms with Crippen LogP contribution < -0.4 is 5.32 Å². The molecule has 0 spiro atoms. The van der Waals surface area contributed by atoms with E-state index in [9.17, 15) is 26.4 Å². The first-order valence-electron chi connectivity index (χ1n) is 7.13. The molecule has 1 amide bonds. The summed E-state index contributed by atoms with van der Waals surface area (Å²) in [5.74, 6) is -0.738. The van der Waals surface area contributed by atoms with Crippen LogP contribution >= 0.6 is 11.3 Å². The number of thiazole rings is 1. The molecule has 3 rings (SSSR count). The summed E-state index contributed by atoms with van der Waals surface area (Å²) in [5.41, 5.74) is -0.607. The molecule has 1 N–H and O–H groups in total. The van der Waals surface area contributed by atoms with Crippen LogP contribution in [0.4, 0.5) is 18.3 Å². The van der Waals surface area contributed by atoms with Gasteiger partial charge in [-0.2, -0.15) is 13.2 Å². The van der Waals surface area contributed by atoms with Crippen LogP contribution in [0.1, 0.15) is 15.9 Å². The van der Waals surface area contributed by atoms with Gasteiger partial charge in [0.25, 0.3) is 5.91 Å². The van der Waals surface area contributed by atoms with Crippen LogP contribution in [0.2, 0.25) is 0 Å². The van der Waals surface area contributed by atoms with E-state index in [1.54, 1.807) is 0 Å². The molecule has 0 aliphatic carbocycles. The Balaban J connectivity index is 1.88. The molecular weight excluding hydrogens is 389 g/mol. The third-order valence-electron chi connectivity index (χ3n) is 3.46. The Morgan fingerprint density at radius 2 is 1.88 bits per heavy atom. The molecule has 1 heterocycles. The molecule has 136 valence electrons. The van der Waals surface area contributed by atoms with Crippen LogP contribution in [0.5, 0.6) is 0 Å². The predicted octanol–water partition coefficient (Wildman–Crippen LogP) is 3.97. The quantitative estimate of drug-likeness (QED) is 0.722. The van der Waals surface area contributed by atoms with Crippen LogP contribution in [0.15, 0.2) is 47.4 Å². The van der Waals surface area contributed by atoms with Gasteiger partial charge in [0.15, 0.2) is 15.0 Å². The van der Waals surface area contributed by atoms with Crippen molar-refractivity contribution in [2.75, 3.05) is 11.6 Å². The molecule has 0 saturated carbocycles. The number of rotatable bonds is 3. The highest BCUT2D eigenvalue weighted by atomic mass is 32.2. The maximum atomic E-state index is 12.7. The van der Waals surface area contributed by atoms with Crippen LogP contribution in [-0.4, -0.2) is 25.6 Å². The van der Waals surface area contributed by atoms with Gasteiger partial charge in [-0.05, 0) is 36.4 Å². The number of fused-ring (bicyclic) bond motifs is 1. The Kier molecular flexibility index (Phi) is 4.49. The van der Waals surface area contributed by atoms with E-state index in [0.717, 1.165) is 35.8 Å². The molecule has 0 fully saturated rings. The Bertz CT molecular complexity index is 1110. The van der Waals surface area contributed by atoms with E-state index >= 15 is 0 Å². The largest absolute Gasteiger partial charge is 0.416 e. The molecule has 2 aromatic carbocycles. The highest BCUT2D eigenvalue weighted by molar-refractivity contribution is 7.90. The van der Waals surface area contributed by atoms with E-state index in [1.807, 2.05) is 0 Å². The Morgan fingerprint density at radius 3 is 2.54 bits per heavy atom. The summed E-state index contributed by atoms with van der Waals surface area (Å²) >= 11 is 1.03. The monoisotopic (exact) mass is 400 g/mol. The van der Waals surface area contributed by atoms with Crippen LogP contribution in [0.25, 0.3) is 10.2 Å². The zero-order valence-corrected chi connectivity index (χ0v) is 14.8. The maximum absolute atomic E-state index is 12.7. The molecule has 1 aromatic heterocycles. The van der Waals surface area contributed by atoms with Gasteiger partial charge in [-0.15, -0.1) is 0 Å². The molecular formula is C16H11F3N2O3S2. The normalized spacial score (nSPS) is 12.3. The van der Waals surface area contributed by atoms with Crippen LogP contribution in [-0.2, 0) is 16.0 Å². The molecule has 0 aliphatic rings. The number of aromatic nitrogens is 1. The maximum Gasteiger partial charge on any atom is 0.416 e. The molecule has 0 aliphatic heterocycles. The minimum absolute atomic E-state index is 0.115. The topological polar surface area (TPSA) is 76.1 Å². The van der Waals surface area contributed by atoms with Crippen molar-refractivity contribution in [1.82, 2.24) is 4.98 Å². The van der Waals surface area contributed by atoms with Gasteiger partial charge in [0.1, 0.15) is 0 Å². The molecule has 0 saturated heterocycles. The van der Waals surface area contributed by atoms with Crippen LogP contribution in [0.3, 0.4) is 0 Å². The average Bonchev–Trinajstić information content (AvgIpc) is 2.94. The first-order chi connectivity index (χ1) is 12.0. The molecule has 0 bridgehead atoms. The zero-order valence-electron chi connectivity index (χ0n) is 13.2. The number of sulfone groups is 1. The third-order valence-corrected chi connectivity index (χ3v) is 5.50. The van der Waals surface area contributed by atoms with Crippen molar-refractivity contribution < 1.29 is 26.4 Å². The van der Waals surface area contributed by atoms with Crippen molar-refractivity contribution in [3.05, 3.63) is 53.6 Å². The predicted molar refractivity (Wildman–Crippen MR) is 92.1 cm³/mol. The van der Waals surface area contributed by atoms with E-state index < -0.39 is 27.5 Å². The fraction of sp³-hybridized carbons (Fsp3) is 0.125. The molecule has 3 aromatic rings. The summed E-state index contributed by atoms with van der Waals surface area (Å²) in [7, 11) is -3.38. The molecule has 0 unspecified atom stereocenters. The summed E-state index contributed by atoms with van der Waals surface area (Å²) in [6, 6.07) is 8.37. The fourth-order valence-electron chi connectivity index (χ4n) is 2.20. The molecule has 0 atom stereocenters. The van der Waals surface area contributed by atoms with Crippen molar-refractivity contribution in [3.63, 3.8) is 0 Å². The summed E-state index contributed by atoms with van der Waals surface area (Å²) in [6.07, 6.45) is -3.47. The number of hydrogen-bond acceptors (Lipinski definition) is 5. The number of nitrogens with one attached hydrogen (secondary N) is 1. The number of carbonyl (C=O) groups excluding carboxylic acids is 1. The van der Waals surface area contributed by atoms with Crippen molar-refractivity contribution in [3.8, 4) is 0 Å². The van der Waals surface area contributed by atoms with E-state index in [2.05, 4.69) is 10.3 Å². The Hall–Kier alpha value is -2.46. The van der Waals surface area contributed by atoms with Crippen molar-refractivity contribution in [2.45, 2.75) is 11.1 Å². The van der Waals surface area contributed by atoms with Gasteiger partial charge in [-0.3, -0.25) is 10.1 Å². The highest BCUT2D eigenvalue weighted by Gasteiger charge is 2.31. The van der Waals surface area contributed by atoms with Gasteiger partial charge in [0, 0.05) is 11.8 Å². The zero-order chi connectivity index (χ0) is 19.1. The van der Waals surface area contributed by atoms with Crippen molar-refractivity contribution in [1.29, 1.82) is 0 Å². The number of amides is 1. The van der Waals surface area contributed by atoms with E-state index in [-0.39, 0.29) is 15.6 Å². The van der Waals surface area contributed by atoms with Gasteiger partial charge in [-0.1, -0.05) is 17.4 Å². The van der Waals surface area contributed by atoms with E-state index in [0.29, 0.717) is 10.2 Å². The lowest BCUT2D eigenvalue weighted by molar-refractivity contribution is -0.137. The van der Waals surface area contributed by atoms with Gasteiger partial charge < -0.3 is 0 Å². The number of carbonyl (C=O) groups is 1. The second kappa shape index (κ2) is 6.36. The number of benzene rings is 2. The van der Waals surface area contributed by atoms with E-state index in [1.165, 1.54) is 24.3 Å². The van der Waals surface area contributed by atoms with Crippen molar-refractivity contribution >= 4 is 42.4 Å². The minimum Gasteiger partial charge on any atom is -0.298 e. The summed E-state index contributed by atoms with van der Waals surface area (Å²) in [6.45, 7) is 0. The number of alkyl halides is 3. The molecule has 10 heteroatoms. The fourth-order valence-corrected chi connectivity index (χ4v) is 3.82. The second-order valence-electron chi connectivity index (χ2n) is 5.45. The molecule has 26 heavy (non-hydrogen) atoms. The molecule has 0 radical (unpaired) electrons.